The number of fused-ring (bicyclic) bond motifs is 2. The standard InChI is InChI=1S/C18H17NO5/c1-21-13-5-3-2-4-12(13)19-18(20)14-7-6-11-8-16-17(23-10-22-16)9-15(11)24-14/h2-5,8-9,14H,6-7,10H2,1H3,(H,19,20). The average Bonchev–Trinajstić information content (AvgIpc) is 3.06. The minimum Gasteiger partial charge on any atom is -0.495 e. The molecule has 6 heteroatoms. The topological polar surface area (TPSA) is 66.0 Å². The Morgan fingerprint density at radius 2 is 1.96 bits per heavy atom. The summed E-state index contributed by atoms with van der Waals surface area (Å²) in [5.74, 6) is 2.48. The fourth-order valence-electron chi connectivity index (χ4n) is 2.92. The van der Waals surface area contributed by atoms with Crippen LogP contribution in [-0.4, -0.2) is 25.9 Å². The number of aryl methyl sites for hydroxylation is 1. The molecule has 0 aliphatic carbocycles. The molecule has 1 atom stereocenters. The van der Waals surface area contributed by atoms with Crippen molar-refractivity contribution in [2.24, 2.45) is 0 Å². The molecule has 6 nitrogen and oxygen atoms in total. The highest BCUT2D eigenvalue weighted by atomic mass is 16.7. The molecule has 2 heterocycles. The van der Waals surface area contributed by atoms with E-state index >= 15 is 0 Å². The van der Waals surface area contributed by atoms with Crippen LogP contribution in [-0.2, 0) is 11.2 Å². The van der Waals surface area contributed by atoms with Crippen molar-refractivity contribution in [1.82, 2.24) is 0 Å². The summed E-state index contributed by atoms with van der Waals surface area (Å²) in [5.41, 5.74) is 1.66. The highest BCUT2D eigenvalue weighted by Gasteiger charge is 2.29. The molecule has 4 rings (SSSR count). The number of hydrogen-bond acceptors (Lipinski definition) is 5. The molecule has 0 saturated heterocycles. The molecule has 1 amide bonds. The summed E-state index contributed by atoms with van der Waals surface area (Å²) < 4.78 is 21.9. The first-order valence-corrected chi connectivity index (χ1v) is 7.77. The lowest BCUT2D eigenvalue weighted by atomic mass is 10.0. The van der Waals surface area contributed by atoms with Crippen LogP contribution in [0.15, 0.2) is 36.4 Å². The van der Waals surface area contributed by atoms with Crippen LogP contribution in [0, 0.1) is 0 Å². The van der Waals surface area contributed by atoms with Gasteiger partial charge in [0.1, 0.15) is 11.5 Å². The monoisotopic (exact) mass is 327 g/mol. The Hall–Kier alpha value is -2.89. The first-order chi connectivity index (χ1) is 11.7. The van der Waals surface area contributed by atoms with Gasteiger partial charge in [-0.15, -0.1) is 0 Å². The van der Waals surface area contributed by atoms with E-state index in [1.165, 1.54) is 0 Å². The zero-order valence-electron chi connectivity index (χ0n) is 13.2. The van der Waals surface area contributed by atoms with Crippen molar-refractivity contribution in [2.45, 2.75) is 18.9 Å². The van der Waals surface area contributed by atoms with E-state index in [1.54, 1.807) is 25.3 Å². The summed E-state index contributed by atoms with van der Waals surface area (Å²) in [7, 11) is 1.57. The van der Waals surface area contributed by atoms with Gasteiger partial charge in [-0.2, -0.15) is 0 Å². The Bertz CT molecular complexity index is 789. The molecule has 0 aromatic heterocycles. The third-order valence-corrected chi connectivity index (χ3v) is 4.16. The Morgan fingerprint density at radius 1 is 1.17 bits per heavy atom. The second-order valence-electron chi connectivity index (χ2n) is 5.65. The fraction of sp³-hybridized carbons (Fsp3) is 0.278. The van der Waals surface area contributed by atoms with Crippen molar-refractivity contribution in [3.8, 4) is 23.0 Å². The van der Waals surface area contributed by atoms with E-state index in [-0.39, 0.29) is 12.7 Å². The lowest BCUT2D eigenvalue weighted by Gasteiger charge is -2.25. The lowest BCUT2D eigenvalue weighted by Crippen LogP contribution is -2.35. The molecule has 124 valence electrons. The Balaban J connectivity index is 1.51. The molecule has 0 saturated carbocycles. The van der Waals surface area contributed by atoms with Crippen LogP contribution < -0.4 is 24.3 Å². The molecule has 2 aromatic carbocycles. The minimum atomic E-state index is -0.553. The molecule has 2 aromatic rings. The predicted octanol–water partition coefficient (Wildman–Crippen LogP) is 2.76. The van der Waals surface area contributed by atoms with Crippen LogP contribution in [0.2, 0.25) is 0 Å². The number of rotatable bonds is 3. The van der Waals surface area contributed by atoms with Gasteiger partial charge in [-0.25, -0.2) is 0 Å². The molecule has 1 unspecified atom stereocenters. The third-order valence-electron chi connectivity index (χ3n) is 4.16. The van der Waals surface area contributed by atoms with E-state index < -0.39 is 6.10 Å². The molecule has 0 spiro atoms. The predicted molar refractivity (Wildman–Crippen MR) is 86.9 cm³/mol. The zero-order chi connectivity index (χ0) is 16.5. The van der Waals surface area contributed by atoms with Gasteiger partial charge < -0.3 is 24.3 Å². The van der Waals surface area contributed by atoms with E-state index in [1.807, 2.05) is 18.2 Å². The first kappa shape index (κ1) is 14.7. The van der Waals surface area contributed by atoms with Crippen molar-refractivity contribution in [1.29, 1.82) is 0 Å². The van der Waals surface area contributed by atoms with E-state index in [0.717, 1.165) is 17.7 Å². The summed E-state index contributed by atoms with van der Waals surface area (Å²) in [6, 6.07) is 11.0. The number of para-hydroxylation sites is 2. The molecule has 2 aliphatic heterocycles. The molecule has 0 bridgehead atoms. The number of hydrogen-bond donors (Lipinski definition) is 1. The SMILES string of the molecule is COc1ccccc1NC(=O)C1CCc2cc3c(cc2O1)OCO3. The molecule has 0 radical (unpaired) electrons. The summed E-state index contributed by atoms with van der Waals surface area (Å²) >= 11 is 0. The van der Waals surface area contributed by atoms with Gasteiger partial charge in [0.25, 0.3) is 5.91 Å². The molecule has 0 fully saturated rings. The van der Waals surface area contributed by atoms with Gasteiger partial charge in [-0.1, -0.05) is 12.1 Å². The summed E-state index contributed by atoms with van der Waals surface area (Å²) in [5, 5.41) is 2.87. The maximum Gasteiger partial charge on any atom is 0.265 e. The molecule has 24 heavy (non-hydrogen) atoms. The largest absolute Gasteiger partial charge is 0.495 e. The van der Waals surface area contributed by atoms with Crippen LogP contribution in [0.5, 0.6) is 23.0 Å². The second kappa shape index (κ2) is 5.96. The van der Waals surface area contributed by atoms with E-state index in [0.29, 0.717) is 29.4 Å². The highest BCUT2D eigenvalue weighted by Crippen LogP contribution is 2.41. The number of carbonyl (C=O) groups excluding carboxylic acids is 1. The van der Waals surface area contributed by atoms with Crippen molar-refractivity contribution in [3.63, 3.8) is 0 Å². The van der Waals surface area contributed by atoms with E-state index in [9.17, 15) is 4.79 Å². The summed E-state index contributed by atoms with van der Waals surface area (Å²) in [6.07, 6.45) is 0.798. The number of methoxy groups -OCH3 is 1. The van der Waals surface area contributed by atoms with Crippen LogP contribution >= 0.6 is 0 Å². The van der Waals surface area contributed by atoms with Crippen molar-refractivity contribution in [2.75, 3.05) is 19.2 Å². The van der Waals surface area contributed by atoms with E-state index in [4.69, 9.17) is 18.9 Å². The summed E-state index contributed by atoms with van der Waals surface area (Å²) in [6.45, 7) is 0.218. The smallest absolute Gasteiger partial charge is 0.265 e. The Morgan fingerprint density at radius 3 is 2.79 bits per heavy atom. The number of nitrogens with one attached hydrogen (secondary N) is 1. The minimum absolute atomic E-state index is 0.192. The van der Waals surface area contributed by atoms with Gasteiger partial charge in [-0.3, -0.25) is 4.79 Å². The van der Waals surface area contributed by atoms with Gasteiger partial charge in [0.05, 0.1) is 12.8 Å². The number of ether oxygens (including phenoxy) is 4. The Labute approximate surface area is 139 Å². The number of amides is 1. The zero-order valence-corrected chi connectivity index (χ0v) is 13.2. The van der Waals surface area contributed by atoms with Crippen LogP contribution in [0.3, 0.4) is 0 Å². The summed E-state index contributed by atoms with van der Waals surface area (Å²) in [4.78, 5) is 12.5. The maximum atomic E-state index is 12.5. The number of anilines is 1. The normalized spacial score (nSPS) is 17.6. The van der Waals surface area contributed by atoms with Gasteiger partial charge >= 0.3 is 0 Å². The third kappa shape index (κ3) is 2.60. The highest BCUT2D eigenvalue weighted by molar-refractivity contribution is 5.95. The van der Waals surface area contributed by atoms with Crippen molar-refractivity contribution < 1.29 is 23.7 Å². The molecule has 1 N–H and O–H groups in total. The molecular formula is C18H17NO5. The van der Waals surface area contributed by atoms with E-state index in [2.05, 4.69) is 5.32 Å². The van der Waals surface area contributed by atoms with Crippen LogP contribution in [0.25, 0.3) is 0 Å². The van der Waals surface area contributed by atoms with Gasteiger partial charge in [0.15, 0.2) is 17.6 Å². The van der Waals surface area contributed by atoms with Gasteiger partial charge in [0.2, 0.25) is 6.79 Å². The Kier molecular flexibility index (Phi) is 3.65. The van der Waals surface area contributed by atoms with Crippen molar-refractivity contribution in [3.05, 3.63) is 42.0 Å². The lowest BCUT2D eigenvalue weighted by molar-refractivity contribution is -0.123. The van der Waals surface area contributed by atoms with Crippen LogP contribution in [0.1, 0.15) is 12.0 Å². The fourth-order valence-corrected chi connectivity index (χ4v) is 2.92. The number of benzene rings is 2. The van der Waals surface area contributed by atoms with Crippen LogP contribution in [0.4, 0.5) is 5.69 Å². The van der Waals surface area contributed by atoms with Gasteiger partial charge in [-0.05, 0) is 36.6 Å². The second-order valence-corrected chi connectivity index (χ2v) is 5.65. The quantitative estimate of drug-likeness (QED) is 0.939. The molecule has 2 aliphatic rings. The first-order valence-electron chi connectivity index (χ1n) is 7.77. The molecular weight excluding hydrogens is 310 g/mol. The maximum absolute atomic E-state index is 12.5. The van der Waals surface area contributed by atoms with Crippen molar-refractivity contribution >= 4 is 11.6 Å². The van der Waals surface area contributed by atoms with Gasteiger partial charge in [0, 0.05) is 6.07 Å². The average molecular weight is 327 g/mol. The number of carbonyl (C=O) groups is 1.